The molecule has 0 saturated carbocycles. The molecule has 0 amide bonds. The van der Waals surface area contributed by atoms with Crippen LogP contribution in [0.15, 0.2) is 0 Å². The fourth-order valence-corrected chi connectivity index (χ4v) is 1.56. The van der Waals surface area contributed by atoms with Crippen molar-refractivity contribution in [2.45, 2.75) is 25.7 Å². The summed E-state index contributed by atoms with van der Waals surface area (Å²) >= 11 is 5.82. The second-order valence-corrected chi connectivity index (χ2v) is 4.53. The molecular formula is C11H20ClN5O. The Hall–Kier alpha value is -1.14. The number of aromatic nitrogens is 3. The van der Waals surface area contributed by atoms with Crippen LogP contribution in [0.4, 0.5) is 11.9 Å². The highest BCUT2D eigenvalue weighted by atomic mass is 35.5. The van der Waals surface area contributed by atoms with Crippen LogP contribution in [-0.4, -0.2) is 47.3 Å². The van der Waals surface area contributed by atoms with Crippen LogP contribution in [0.2, 0.25) is 5.28 Å². The first-order valence-electron chi connectivity index (χ1n) is 6.07. The van der Waals surface area contributed by atoms with Gasteiger partial charge in [-0.25, -0.2) is 0 Å². The number of nitrogens with one attached hydrogen (secondary N) is 1. The van der Waals surface area contributed by atoms with E-state index in [4.69, 9.17) is 16.7 Å². The Morgan fingerprint density at radius 1 is 1.11 bits per heavy atom. The molecule has 0 saturated heterocycles. The van der Waals surface area contributed by atoms with Crippen molar-refractivity contribution in [3.05, 3.63) is 5.28 Å². The van der Waals surface area contributed by atoms with Crippen LogP contribution in [0.3, 0.4) is 0 Å². The fraction of sp³-hybridized carbons (Fsp3) is 0.727. The van der Waals surface area contributed by atoms with Gasteiger partial charge in [0.2, 0.25) is 17.2 Å². The van der Waals surface area contributed by atoms with Crippen LogP contribution < -0.4 is 10.2 Å². The summed E-state index contributed by atoms with van der Waals surface area (Å²) in [6.45, 7) is 1.06. The lowest BCUT2D eigenvalue weighted by molar-refractivity contribution is 0.283. The largest absolute Gasteiger partial charge is 0.396 e. The van der Waals surface area contributed by atoms with Gasteiger partial charge in [-0.05, 0) is 24.4 Å². The molecule has 7 heteroatoms. The third-order valence-corrected chi connectivity index (χ3v) is 2.53. The van der Waals surface area contributed by atoms with Crippen LogP contribution in [0.25, 0.3) is 0 Å². The van der Waals surface area contributed by atoms with E-state index in [1.807, 2.05) is 14.1 Å². The molecule has 1 heterocycles. The minimum Gasteiger partial charge on any atom is -0.396 e. The summed E-state index contributed by atoms with van der Waals surface area (Å²) in [5, 5.41) is 12.0. The van der Waals surface area contributed by atoms with Gasteiger partial charge >= 0.3 is 0 Å². The van der Waals surface area contributed by atoms with Gasteiger partial charge in [0.25, 0.3) is 0 Å². The van der Waals surface area contributed by atoms with E-state index in [2.05, 4.69) is 20.3 Å². The van der Waals surface area contributed by atoms with Gasteiger partial charge in [-0.1, -0.05) is 12.8 Å². The van der Waals surface area contributed by atoms with E-state index in [-0.39, 0.29) is 11.9 Å². The number of aliphatic hydroxyl groups is 1. The molecule has 1 aromatic heterocycles. The van der Waals surface area contributed by atoms with Crippen molar-refractivity contribution in [1.29, 1.82) is 0 Å². The third kappa shape index (κ3) is 5.46. The standard InChI is InChI=1S/C11H20ClN5O/c1-17(2)11-15-9(12)14-10(16-11)13-7-5-3-4-6-8-18/h18H,3-8H2,1-2H3,(H,13,14,15,16). The molecule has 1 rings (SSSR count). The highest BCUT2D eigenvalue weighted by molar-refractivity contribution is 6.28. The van der Waals surface area contributed by atoms with Crippen molar-refractivity contribution in [1.82, 2.24) is 15.0 Å². The summed E-state index contributed by atoms with van der Waals surface area (Å²) in [5.41, 5.74) is 0. The molecule has 0 spiro atoms. The van der Waals surface area contributed by atoms with Crippen LogP contribution >= 0.6 is 11.6 Å². The van der Waals surface area contributed by atoms with Crippen LogP contribution in [0.1, 0.15) is 25.7 Å². The third-order valence-electron chi connectivity index (χ3n) is 2.36. The van der Waals surface area contributed by atoms with E-state index >= 15 is 0 Å². The lowest BCUT2D eigenvalue weighted by Gasteiger charge is -2.11. The van der Waals surface area contributed by atoms with Crippen molar-refractivity contribution in [3.8, 4) is 0 Å². The first-order valence-corrected chi connectivity index (χ1v) is 6.45. The molecule has 6 nitrogen and oxygen atoms in total. The molecule has 18 heavy (non-hydrogen) atoms. The SMILES string of the molecule is CN(C)c1nc(Cl)nc(NCCCCCCO)n1. The number of aliphatic hydroxyl groups excluding tert-OH is 1. The second-order valence-electron chi connectivity index (χ2n) is 4.19. The molecule has 2 N–H and O–H groups in total. The molecular weight excluding hydrogens is 254 g/mol. The van der Waals surface area contributed by atoms with E-state index < -0.39 is 0 Å². The molecule has 0 bridgehead atoms. The zero-order valence-corrected chi connectivity index (χ0v) is 11.6. The monoisotopic (exact) mass is 273 g/mol. The summed E-state index contributed by atoms with van der Waals surface area (Å²) in [4.78, 5) is 14.0. The Morgan fingerprint density at radius 2 is 1.83 bits per heavy atom. The van der Waals surface area contributed by atoms with Crippen molar-refractivity contribution < 1.29 is 5.11 Å². The summed E-state index contributed by atoms with van der Waals surface area (Å²) in [6.07, 6.45) is 4.00. The Morgan fingerprint density at radius 3 is 2.50 bits per heavy atom. The Kier molecular flexibility index (Phi) is 6.67. The number of nitrogens with zero attached hydrogens (tertiary/aromatic N) is 4. The van der Waals surface area contributed by atoms with E-state index in [0.29, 0.717) is 11.9 Å². The molecule has 0 aliphatic rings. The predicted octanol–water partition coefficient (Wildman–Crippen LogP) is 1.56. The van der Waals surface area contributed by atoms with E-state index in [1.54, 1.807) is 4.90 Å². The summed E-state index contributed by atoms with van der Waals surface area (Å²) in [7, 11) is 3.70. The second kappa shape index (κ2) is 8.05. The zero-order chi connectivity index (χ0) is 13.4. The Balaban J connectivity index is 2.37. The van der Waals surface area contributed by atoms with Crippen molar-refractivity contribution in [2.75, 3.05) is 37.5 Å². The van der Waals surface area contributed by atoms with Crippen molar-refractivity contribution in [2.24, 2.45) is 0 Å². The summed E-state index contributed by atoms with van der Waals surface area (Å²) < 4.78 is 0. The maximum Gasteiger partial charge on any atom is 0.230 e. The predicted molar refractivity (Wildman–Crippen MR) is 73.2 cm³/mol. The number of halogens is 1. The first kappa shape index (κ1) is 14.9. The highest BCUT2D eigenvalue weighted by Gasteiger charge is 2.05. The molecule has 1 aromatic rings. The lowest BCUT2D eigenvalue weighted by atomic mass is 10.2. The van der Waals surface area contributed by atoms with Gasteiger partial charge in [0, 0.05) is 27.2 Å². The topological polar surface area (TPSA) is 74.2 Å². The maximum absolute atomic E-state index is 8.65. The number of hydrogen-bond donors (Lipinski definition) is 2. The van der Waals surface area contributed by atoms with Crippen molar-refractivity contribution in [3.63, 3.8) is 0 Å². The quantitative estimate of drug-likeness (QED) is 0.700. The maximum atomic E-state index is 8.65. The number of hydrogen-bond acceptors (Lipinski definition) is 6. The van der Waals surface area contributed by atoms with Gasteiger partial charge in [0.1, 0.15) is 0 Å². The molecule has 0 aliphatic heterocycles. The van der Waals surface area contributed by atoms with Crippen LogP contribution in [-0.2, 0) is 0 Å². The van der Waals surface area contributed by atoms with E-state index in [1.165, 1.54) is 0 Å². The molecule has 0 fully saturated rings. The minimum absolute atomic E-state index is 0.191. The minimum atomic E-state index is 0.191. The molecule has 0 atom stereocenters. The van der Waals surface area contributed by atoms with Gasteiger partial charge in [0.05, 0.1) is 0 Å². The lowest BCUT2D eigenvalue weighted by Crippen LogP contribution is -2.15. The Bertz CT molecular complexity index is 361. The number of unbranched alkanes of at least 4 members (excludes halogenated alkanes) is 3. The van der Waals surface area contributed by atoms with E-state index in [9.17, 15) is 0 Å². The van der Waals surface area contributed by atoms with E-state index in [0.717, 1.165) is 32.2 Å². The van der Waals surface area contributed by atoms with Crippen molar-refractivity contribution >= 4 is 23.5 Å². The molecule has 0 aliphatic carbocycles. The van der Waals surface area contributed by atoms with Gasteiger partial charge in [-0.3, -0.25) is 0 Å². The van der Waals surface area contributed by atoms with Crippen LogP contribution in [0.5, 0.6) is 0 Å². The molecule has 0 unspecified atom stereocenters. The average Bonchev–Trinajstić information content (AvgIpc) is 2.33. The van der Waals surface area contributed by atoms with Gasteiger partial charge in [0.15, 0.2) is 0 Å². The number of anilines is 2. The summed E-state index contributed by atoms with van der Waals surface area (Å²) in [6, 6.07) is 0. The number of rotatable bonds is 8. The van der Waals surface area contributed by atoms with Gasteiger partial charge in [-0.15, -0.1) is 0 Å². The fourth-order valence-electron chi connectivity index (χ4n) is 1.41. The molecule has 0 radical (unpaired) electrons. The molecule has 0 aromatic carbocycles. The summed E-state index contributed by atoms with van der Waals surface area (Å²) in [5.74, 6) is 1.04. The normalized spacial score (nSPS) is 10.4. The first-order chi connectivity index (χ1) is 8.63. The van der Waals surface area contributed by atoms with Crippen LogP contribution in [0, 0.1) is 0 Å². The molecule has 102 valence electrons. The zero-order valence-electron chi connectivity index (χ0n) is 10.9. The Labute approximate surface area is 112 Å². The average molecular weight is 274 g/mol. The van der Waals surface area contributed by atoms with Gasteiger partial charge in [-0.2, -0.15) is 15.0 Å². The smallest absolute Gasteiger partial charge is 0.230 e. The van der Waals surface area contributed by atoms with Gasteiger partial charge < -0.3 is 15.3 Å². The highest BCUT2D eigenvalue weighted by Crippen LogP contribution is 2.11.